The fraction of sp³-hybridized carbons (Fsp3) is 0.721. The Morgan fingerprint density at radius 2 is 0.965 bits per heavy atom. The van der Waals surface area contributed by atoms with E-state index < -0.39 is 45.0 Å². The maximum atomic E-state index is 13.4. The number of carbonyl (C=O) groups excluding carboxylic acids is 5. The van der Waals surface area contributed by atoms with Crippen molar-refractivity contribution in [2.24, 2.45) is 0 Å². The van der Waals surface area contributed by atoms with Crippen molar-refractivity contribution >= 4 is 43.2 Å². The Morgan fingerprint density at radius 1 is 0.512 bits per heavy atom. The standard InChI is InChI=1S/C68H110N3O13P.Na/c1-3-5-7-9-11-13-15-17-19-21-23-25-27-29-31-45-67(75)81-56-62(84-68(76)46-32-30-28-26-24-22-20-18-16-14-12-10-8-6-4-2)57-83-85(77,78)82-52-50-70-65(73)58-80-54-53-79-51-49-69-64(72)43-37-38-44-66(74)71-55-61-41-34-33-39-59(61)47-48-60-40-35-36-42-63(60)71;/h33-36,39-42,62H,3-32,37-38,43-46,49-58H2,1-2H3,(H,69,72)(H,70,73)(H,77,78);/q;+1/p-1. The van der Waals surface area contributed by atoms with Crippen molar-refractivity contribution < 1.29 is 91.0 Å². The van der Waals surface area contributed by atoms with Gasteiger partial charge in [-0.3, -0.25) is 28.5 Å². The third kappa shape index (κ3) is 41.6. The van der Waals surface area contributed by atoms with Gasteiger partial charge in [-0.2, -0.15) is 0 Å². The Morgan fingerprint density at radius 3 is 1.55 bits per heavy atom. The Balaban J connectivity index is 0.0000252. The quantitative estimate of drug-likeness (QED) is 0.0208. The first-order valence-electron chi connectivity index (χ1n) is 33.1. The number of phosphoric acid groups is 1. The number of carbonyl (C=O) groups is 5. The molecule has 2 unspecified atom stereocenters. The van der Waals surface area contributed by atoms with Crippen LogP contribution in [-0.2, 0) is 63.1 Å². The number of hydrogen-bond acceptors (Lipinski definition) is 13. The molecule has 2 aromatic rings. The van der Waals surface area contributed by atoms with Gasteiger partial charge in [-0.05, 0) is 49.4 Å². The average molecular weight is 1230 g/mol. The zero-order chi connectivity index (χ0) is 61.1. The van der Waals surface area contributed by atoms with Gasteiger partial charge in [0, 0.05) is 49.9 Å². The summed E-state index contributed by atoms with van der Waals surface area (Å²) in [6.07, 6.45) is 37.1. The number of unbranched alkanes of at least 4 members (excludes halogenated alkanes) is 29. The van der Waals surface area contributed by atoms with Gasteiger partial charge in [0.25, 0.3) is 7.82 Å². The minimum absolute atomic E-state index is 0. The molecule has 2 atom stereocenters. The second-order valence-electron chi connectivity index (χ2n) is 22.7. The van der Waals surface area contributed by atoms with E-state index in [1.54, 1.807) is 4.90 Å². The van der Waals surface area contributed by atoms with Crippen LogP contribution in [0.25, 0.3) is 0 Å². The van der Waals surface area contributed by atoms with E-state index >= 15 is 0 Å². The van der Waals surface area contributed by atoms with Crippen molar-refractivity contribution in [1.29, 1.82) is 0 Å². The van der Waals surface area contributed by atoms with Crippen LogP contribution in [0.5, 0.6) is 0 Å². The first-order valence-corrected chi connectivity index (χ1v) is 34.6. The number of nitrogens with zero attached hydrogens (tertiary/aromatic N) is 1. The van der Waals surface area contributed by atoms with Crippen LogP contribution in [0.1, 0.15) is 262 Å². The number of amides is 3. The molecule has 1 aliphatic heterocycles. The molecule has 3 rings (SSSR count). The van der Waals surface area contributed by atoms with Gasteiger partial charge < -0.3 is 48.4 Å². The summed E-state index contributed by atoms with van der Waals surface area (Å²) in [4.78, 5) is 78.3. The molecule has 86 heavy (non-hydrogen) atoms. The van der Waals surface area contributed by atoms with E-state index in [0.717, 1.165) is 60.9 Å². The Kier molecular flexibility index (Phi) is 48.6. The van der Waals surface area contributed by atoms with Gasteiger partial charge in [0.1, 0.15) is 13.2 Å². The van der Waals surface area contributed by atoms with E-state index in [9.17, 15) is 33.4 Å². The monoisotopic (exact) mass is 1230 g/mol. The molecule has 18 heteroatoms. The minimum Gasteiger partial charge on any atom is -0.756 e. The second-order valence-corrected chi connectivity index (χ2v) is 24.2. The smallest absolute Gasteiger partial charge is 0.756 e. The fourth-order valence-corrected chi connectivity index (χ4v) is 10.9. The summed E-state index contributed by atoms with van der Waals surface area (Å²) < 4.78 is 44.6. The molecular weight excluding hydrogens is 1120 g/mol. The number of esters is 2. The predicted octanol–water partition coefficient (Wildman–Crippen LogP) is 11.2. The van der Waals surface area contributed by atoms with Gasteiger partial charge >= 0.3 is 41.5 Å². The molecule has 0 fully saturated rings. The molecule has 0 aromatic heterocycles. The Labute approximate surface area is 540 Å². The van der Waals surface area contributed by atoms with Crippen molar-refractivity contribution in [1.82, 2.24) is 10.6 Å². The van der Waals surface area contributed by atoms with E-state index in [2.05, 4.69) is 36.3 Å². The molecule has 0 bridgehead atoms. The molecular formula is C68H109N3NaO13P. The van der Waals surface area contributed by atoms with Crippen LogP contribution in [0.15, 0.2) is 48.5 Å². The van der Waals surface area contributed by atoms with Crippen molar-refractivity contribution in [3.8, 4) is 11.8 Å². The van der Waals surface area contributed by atoms with E-state index in [1.807, 2.05) is 48.5 Å². The van der Waals surface area contributed by atoms with E-state index in [1.165, 1.54) is 141 Å². The zero-order valence-corrected chi connectivity index (χ0v) is 56.3. The Bertz CT molecular complexity index is 2230. The summed E-state index contributed by atoms with van der Waals surface area (Å²) in [7, 11) is -4.90. The topological polar surface area (TPSA) is 208 Å². The largest absolute Gasteiger partial charge is 1.00 e. The van der Waals surface area contributed by atoms with Gasteiger partial charge in [0.2, 0.25) is 17.7 Å². The van der Waals surface area contributed by atoms with Crippen LogP contribution < -0.4 is 50.0 Å². The number of hydrogen-bond donors (Lipinski definition) is 2. The van der Waals surface area contributed by atoms with Gasteiger partial charge in [-0.15, -0.1) is 0 Å². The van der Waals surface area contributed by atoms with E-state index in [0.29, 0.717) is 38.6 Å². The van der Waals surface area contributed by atoms with Crippen molar-refractivity contribution in [2.45, 2.75) is 258 Å². The summed E-state index contributed by atoms with van der Waals surface area (Å²) in [6, 6.07) is 15.5. The number of para-hydroxylation sites is 1. The zero-order valence-electron chi connectivity index (χ0n) is 53.4. The van der Waals surface area contributed by atoms with Crippen LogP contribution >= 0.6 is 7.82 Å². The summed E-state index contributed by atoms with van der Waals surface area (Å²) in [6.45, 7) is 3.90. The third-order valence-electron chi connectivity index (χ3n) is 15.2. The van der Waals surface area contributed by atoms with E-state index in [-0.39, 0.29) is 107 Å². The molecule has 16 nitrogen and oxygen atoms in total. The average Bonchev–Trinajstić information content (AvgIpc) is 1.78. The summed E-state index contributed by atoms with van der Waals surface area (Å²) in [5, 5.41) is 5.33. The summed E-state index contributed by atoms with van der Waals surface area (Å²) >= 11 is 0. The third-order valence-corrected chi connectivity index (χ3v) is 16.1. The number of rotatable bonds is 55. The van der Waals surface area contributed by atoms with Crippen molar-refractivity contribution in [3.05, 3.63) is 65.2 Å². The van der Waals surface area contributed by atoms with Crippen LogP contribution in [0.3, 0.4) is 0 Å². The number of ether oxygens (including phenoxy) is 4. The van der Waals surface area contributed by atoms with Crippen molar-refractivity contribution in [2.75, 3.05) is 64.2 Å². The van der Waals surface area contributed by atoms with Gasteiger partial charge in [-0.25, -0.2) is 0 Å². The second kappa shape index (κ2) is 53.2. The normalized spacial score (nSPS) is 12.7. The summed E-state index contributed by atoms with van der Waals surface area (Å²) in [5.41, 5.74) is 3.47. The fourth-order valence-electron chi connectivity index (χ4n) is 10.2. The molecule has 0 saturated carbocycles. The van der Waals surface area contributed by atoms with Gasteiger partial charge in [0.05, 0.1) is 45.3 Å². The van der Waals surface area contributed by atoms with Crippen LogP contribution in [0.4, 0.5) is 5.69 Å². The molecule has 1 aliphatic rings. The molecule has 0 aliphatic carbocycles. The molecule has 1 heterocycles. The van der Waals surface area contributed by atoms with Gasteiger partial charge in [0.15, 0.2) is 6.10 Å². The number of benzene rings is 2. The molecule has 480 valence electrons. The predicted molar refractivity (Wildman–Crippen MR) is 336 cm³/mol. The Hall–Kier alpha value is -3.62. The van der Waals surface area contributed by atoms with Crippen LogP contribution in [0.2, 0.25) is 0 Å². The molecule has 0 radical (unpaired) electrons. The van der Waals surface area contributed by atoms with Gasteiger partial charge in [-0.1, -0.05) is 236 Å². The number of nitrogens with one attached hydrogen (secondary N) is 2. The van der Waals surface area contributed by atoms with Crippen molar-refractivity contribution in [3.63, 3.8) is 0 Å². The van der Waals surface area contributed by atoms with Crippen LogP contribution in [0, 0.1) is 11.8 Å². The number of fused-ring (bicyclic) bond motifs is 2. The molecule has 0 spiro atoms. The SMILES string of the molecule is CCCCCCCCCCCCCCCCCC(=O)OCC(COP(=O)([O-])OCCNC(=O)COCCOCCNC(=O)CCCCC(=O)N1Cc2ccccc2C#Cc2ccccc21)OC(=O)CCCCCCCCCCCCCCCCC.[Na+]. The number of anilines is 1. The molecule has 2 N–H and O–H groups in total. The first-order chi connectivity index (χ1) is 41.5. The van der Waals surface area contributed by atoms with Crippen LogP contribution in [-0.4, -0.2) is 95.1 Å². The maximum Gasteiger partial charge on any atom is 1.00 e. The number of phosphoric ester groups is 1. The summed E-state index contributed by atoms with van der Waals surface area (Å²) in [5.74, 6) is 4.81. The van der Waals surface area contributed by atoms with E-state index in [4.69, 9.17) is 28.0 Å². The molecule has 2 aromatic carbocycles. The maximum absolute atomic E-state index is 13.4. The molecule has 3 amide bonds. The minimum atomic E-state index is -4.90. The first kappa shape index (κ1) is 78.5. The molecule has 0 saturated heterocycles.